The third-order valence-corrected chi connectivity index (χ3v) is 13.1. The molecule has 0 aromatic carbocycles. The largest absolute Gasteiger partial charge is 0.462 e. The van der Waals surface area contributed by atoms with Gasteiger partial charge in [-0.15, -0.1) is 0 Å². The van der Waals surface area contributed by atoms with Gasteiger partial charge in [-0.1, -0.05) is 267 Å². The van der Waals surface area contributed by atoms with E-state index >= 15 is 0 Å². The van der Waals surface area contributed by atoms with Gasteiger partial charge in [0.2, 0.25) is 5.91 Å². The molecule has 68 heavy (non-hydrogen) atoms. The van der Waals surface area contributed by atoms with Gasteiger partial charge in [0, 0.05) is 6.42 Å². The summed E-state index contributed by atoms with van der Waals surface area (Å²) < 4.78 is 5.94. The number of carbonyl (C=O) groups is 2. The Morgan fingerprint density at radius 2 is 0.853 bits per heavy atom. The highest BCUT2D eigenvalue weighted by Gasteiger charge is 2.24. The summed E-state index contributed by atoms with van der Waals surface area (Å²) in [4.78, 5) is 26.3. The number of aliphatic hydroxyl groups is 2. The molecule has 0 rings (SSSR count). The van der Waals surface area contributed by atoms with Gasteiger partial charge in [-0.3, -0.25) is 9.59 Å². The lowest BCUT2D eigenvalue weighted by Gasteiger charge is -2.24. The van der Waals surface area contributed by atoms with Crippen molar-refractivity contribution in [2.24, 2.45) is 0 Å². The first-order chi connectivity index (χ1) is 33.5. The maximum Gasteiger partial charge on any atom is 0.306 e. The molecule has 6 nitrogen and oxygen atoms in total. The number of amides is 1. The lowest BCUT2D eigenvalue weighted by atomic mass is 10.0. The number of hydrogen-bond donors (Lipinski definition) is 3. The molecular weight excluding hydrogens is 839 g/mol. The number of nitrogens with one attached hydrogen (secondary N) is 1. The average molecular weight is 951 g/mol. The Labute approximate surface area is 421 Å². The molecule has 0 saturated heterocycles. The topological polar surface area (TPSA) is 95.9 Å². The number of carbonyl (C=O) groups excluding carboxylic acids is 2. The van der Waals surface area contributed by atoms with Gasteiger partial charge in [0.25, 0.3) is 0 Å². The van der Waals surface area contributed by atoms with E-state index in [0.29, 0.717) is 19.3 Å². The maximum atomic E-state index is 13.3. The van der Waals surface area contributed by atoms with Crippen LogP contribution < -0.4 is 5.32 Å². The van der Waals surface area contributed by atoms with Crippen molar-refractivity contribution < 1.29 is 24.5 Å². The fourth-order valence-electron chi connectivity index (χ4n) is 8.71. The van der Waals surface area contributed by atoms with E-state index in [1.54, 1.807) is 0 Å². The summed E-state index contributed by atoms with van der Waals surface area (Å²) in [5.41, 5.74) is 0. The molecule has 0 aromatic heterocycles. The first kappa shape index (κ1) is 65.3. The molecule has 1 amide bonds. The Hall–Kier alpha value is -2.70. The van der Waals surface area contributed by atoms with Gasteiger partial charge in [-0.2, -0.15) is 0 Å². The number of aliphatic hydroxyl groups excluding tert-OH is 2. The smallest absolute Gasteiger partial charge is 0.306 e. The second-order valence-corrected chi connectivity index (χ2v) is 19.8. The Kier molecular flexibility index (Phi) is 53.0. The van der Waals surface area contributed by atoms with Crippen molar-refractivity contribution in [2.45, 2.75) is 302 Å². The molecule has 3 N–H and O–H groups in total. The molecule has 0 bridgehead atoms. The molecule has 0 fully saturated rings. The summed E-state index contributed by atoms with van der Waals surface area (Å²) in [6.45, 7) is 6.33. The number of ether oxygens (including phenoxy) is 1. The van der Waals surface area contributed by atoms with Gasteiger partial charge in [-0.25, -0.2) is 0 Å². The number of rotatable bonds is 52. The van der Waals surface area contributed by atoms with Crippen LogP contribution >= 0.6 is 0 Å². The van der Waals surface area contributed by atoms with Gasteiger partial charge < -0.3 is 20.3 Å². The van der Waals surface area contributed by atoms with Crippen LogP contribution in [0, 0.1) is 0 Å². The van der Waals surface area contributed by atoms with E-state index in [2.05, 4.69) is 74.7 Å². The number of esters is 1. The quantitative estimate of drug-likeness (QED) is 0.0244. The average Bonchev–Trinajstić information content (AvgIpc) is 3.33. The lowest BCUT2D eigenvalue weighted by Crippen LogP contribution is -2.46. The molecule has 0 radical (unpaired) electrons. The fourth-order valence-corrected chi connectivity index (χ4v) is 8.71. The van der Waals surface area contributed by atoms with Gasteiger partial charge >= 0.3 is 5.97 Å². The van der Waals surface area contributed by atoms with Crippen molar-refractivity contribution in [3.8, 4) is 0 Å². The third kappa shape index (κ3) is 49.7. The molecule has 0 heterocycles. The minimum atomic E-state index is -0.803. The zero-order valence-corrected chi connectivity index (χ0v) is 45.0. The number of unbranched alkanes of at least 4 members (excludes halogenated alkanes) is 31. The molecule has 3 unspecified atom stereocenters. The van der Waals surface area contributed by atoms with Gasteiger partial charge in [0.15, 0.2) is 0 Å². The highest BCUT2D eigenvalue weighted by atomic mass is 16.5. The van der Waals surface area contributed by atoms with Crippen molar-refractivity contribution in [2.75, 3.05) is 6.61 Å². The van der Waals surface area contributed by atoms with Gasteiger partial charge in [0.05, 0.1) is 25.2 Å². The van der Waals surface area contributed by atoms with E-state index in [-0.39, 0.29) is 24.9 Å². The van der Waals surface area contributed by atoms with Crippen LogP contribution in [0.4, 0.5) is 0 Å². The molecule has 6 heteroatoms. The van der Waals surface area contributed by atoms with Crippen LogP contribution in [0.15, 0.2) is 72.9 Å². The van der Waals surface area contributed by atoms with Crippen LogP contribution in [0.3, 0.4) is 0 Å². The van der Waals surface area contributed by atoms with Gasteiger partial charge in [-0.05, 0) is 77.0 Å². The van der Waals surface area contributed by atoms with Crippen LogP contribution in [-0.4, -0.2) is 46.9 Å². The zero-order chi connectivity index (χ0) is 49.5. The van der Waals surface area contributed by atoms with Crippen molar-refractivity contribution in [3.63, 3.8) is 0 Å². The molecule has 0 aliphatic heterocycles. The van der Waals surface area contributed by atoms with Crippen LogP contribution in [0.2, 0.25) is 0 Å². The summed E-state index contributed by atoms with van der Waals surface area (Å²) in [6, 6.07) is -0.719. The van der Waals surface area contributed by atoms with E-state index in [0.717, 1.165) is 77.0 Å². The van der Waals surface area contributed by atoms with E-state index in [4.69, 9.17) is 4.74 Å². The predicted octanol–water partition coefficient (Wildman–Crippen LogP) is 18.1. The molecule has 0 saturated carbocycles. The number of hydrogen-bond acceptors (Lipinski definition) is 5. The van der Waals surface area contributed by atoms with Crippen molar-refractivity contribution in [3.05, 3.63) is 72.9 Å². The second-order valence-electron chi connectivity index (χ2n) is 19.8. The van der Waals surface area contributed by atoms with Gasteiger partial charge in [0.1, 0.15) is 6.10 Å². The first-order valence-corrected chi connectivity index (χ1v) is 29.2. The zero-order valence-electron chi connectivity index (χ0n) is 45.0. The fraction of sp³-hybridized carbons (Fsp3) is 0.774. The monoisotopic (exact) mass is 950 g/mol. The molecule has 0 spiro atoms. The lowest BCUT2D eigenvalue weighted by molar-refractivity contribution is -0.151. The normalized spacial score (nSPS) is 13.7. The maximum absolute atomic E-state index is 13.3. The third-order valence-electron chi connectivity index (χ3n) is 13.1. The van der Waals surface area contributed by atoms with Crippen molar-refractivity contribution in [1.82, 2.24) is 5.32 Å². The Bertz CT molecular complexity index is 1250. The van der Waals surface area contributed by atoms with E-state index in [1.165, 1.54) is 161 Å². The molecule has 3 atom stereocenters. The second kappa shape index (κ2) is 55.2. The predicted molar refractivity (Wildman–Crippen MR) is 296 cm³/mol. The highest BCUT2D eigenvalue weighted by molar-refractivity contribution is 5.77. The van der Waals surface area contributed by atoms with E-state index < -0.39 is 18.2 Å². The van der Waals surface area contributed by atoms with Crippen molar-refractivity contribution in [1.29, 1.82) is 0 Å². The summed E-state index contributed by atoms with van der Waals surface area (Å²) in [5.74, 6) is -0.513. The Morgan fingerprint density at radius 1 is 0.456 bits per heavy atom. The molecule has 0 aromatic rings. The summed E-state index contributed by atoms with van der Waals surface area (Å²) >= 11 is 0. The minimum absolute atomic E-state index is 0.0482. The van der Waals surface area contributed by atoms with Crippen LogP contribution in [0.5, 0.6) is 0 Å². The standard InChI is InChI=1S/C62H111NO5/c1-4-7-10-13-16-19-22-25-27-29-30-32-34-37-40-43-46-49-52-55-62(67)68-58(53-50-47-44-41-38-35-24-21-18-15-12-9-6-3)56-61(66)63-59(57-64)60(65)54-51-48-45-42-39-36-33-31-28-26-23-20-17-14-11-8-5-2/h9,12,15-16,18-19,21,24-25,27,35,38,58-60,64-65H,4-8,10-11,13-14,17,20,22-23,26,28-34,36-37,39-57H2,1-3H3,(H,63,66)/b12-9+,18-15+,19-16-,24-21+,27-25-,38-35-. The van der Waals surface area contributed by atoms with E-state index in [1.807, 2.05) is 24.3 Å². The SMILES string of the molecule is CC/C=C/C=C/C=C/C=C\CCCCCC(CC(=O)NC(CO)C(O)CCCCCCCCCCCCCCCCCCC)OC(=O)CCCCCCCCCCC/C=C\C/C=C\CCCCC. The highest BCUT2D eigenvalue weighted by Crippen LogP contribution is 2.18. The van der Waals surface area contributed by atoms with Crippen LogP contribution in [0.1, 0.15) is 284 Å². The summed E-state index contributed by atoms with van der Waals surface area (Å²) in [7, 11) is 0. The number of allylic oxidation sites excluding steroid dienone is 12. The van der Waals surface area contributed by atoms with Crippen LogP contribution in [0.25, 0.3) is 0 Å². The summed E-state index contributed by atoms with van der Waals surface area (Å²) in [6.07, 6.45) is 71.1. The molecule has 0 aliphatic rings. The molecule has 0 aliphatic carbocycles. The van der Waals surface area contributed by atoms with Crippen LogP contribution in [-0.2, 0) is 14.3 Å². The molecular formula is C62H111NO5. The Morgan fingerprint density at radius 3 is 1.37 bits per heavy atom. The van der Waals surface area contributed by atoms with Crippen molar-refractivity contribution >= 4 is 11.9 Å². The minimum Gasteiger partial charge on any atom is -0.462 e. The summed E-state index contributed by atoms with van der Waals surface area (Å²) in [5, 5.41) is 23.9. The Balaban J connectivity index is 4.53. The molecule has 394 valence electrons. The first-order valence-electron chi connectivity index (χ1n) is 29.2. The van der Waals surface area contributed by atoms with E-state index in [9.17, 15) is 19.8 Å².